The molecule has 34 heavy (non-hydrogen) atoms. The van der Waals surface area contributed by atoms with Crippen LogP contribution in [0.25, 0.3) is 10.8 Å². The number of halogens is 1. The Kier molecular flexibility index (Phi) is 9.05. The van der Waals surface area contributed by atoms with Crippen LogP contribution in [0.3, 0.4) is 0 Å². The lowest BCUT2D eigenvalue weighted by Gasteiger charge is -2.20. The monoisotopic (exact) mass is 479 g/mol. The summed E-state index contributed by atoms with van der Waals surface area (Å²) in [6.07, 6.45) is 3.58. The number of rotatable bonds is 10. The number of nitrogens with one attached hydrogen (secondary N) is 2. The number of hydrogen-bond donors (Lipinski definition) is 2. The number of hydrogen-bond acceptors (Lipinski definition) is 4. The zero-order valence-electron chi connectivity index (χ0n) is 19.7. The molecular weight excluding hydrogens is 450 g/mol. The van der Waals surface area contributed by atoms with Gasteiger partial charge < -0.3 is 10.1 Å². The van der Waals surface area contributed by atoms with Crippen molar-refractivity contribution in [3.05, 3.63) is 76.8 Å². The Morgan fingerprint density at radius 2 is 1.79 bits per heavy atom. The minimum Gasteiger partial charge on any atom is -0.493 e. The van der Waals surface area contributed by atoms with Crippen molar-refractivity contribution in [3.8, 4) is 5.75 Å². The van der Waals surface area contributed by atoms with Crippen molar-refractivity contribution in [2.45, 2.75) is 39.7 Å². The van der Waals surface area contributed by atoms with Crippen LogP contribution in [-0.4, -0.2) is 30.7 Å². The molecule has 3 aromatic carbocycles. The highest BCUT2D eigenvalue weighted by Gasteiger charge is 2.24. The number of amides is 2. The molecule has 0 bridgehead atoms. The average molecular weight is 480 g/mol. The molecule has 0 radical (unpaired) electrons. The number of fused-ring (bicyclic) bond motifs is 1. The van der Waals surface area contributed by atoms with Crippen LogP contribution >= 0.6 is 11.6 Å². The molecule has 178 valence electrons. The van der Waals surface area contributed by atoms with Crippen LogP contribution in [0.4, 0.5) is 0 Å². The quantitative estimate of drug-likeness (QED) is 0.226. The first kappa shape index (κ1) is 25.2. The maximum atomic E-state index is 12.9. The van der Waals surface area contributed by atoms with Crippen molar-refractivity contribution < 1.29 is 14.3 Å². The van der Waals surface area contributed by atoms with E-state index in [0.29, 0.717) is 22.9 Å². The summed E-state index contributed by atoms with van der Waals surface area (Å²) in [6.45, 7) is 6.44. The Hall–Kier alpha value is -3.38. The van der Waals surface area contributed by atoms with Crippen molar-refractivity contribution in [2.75, 3.05) is 6.61 Å². The summed E-state index contributed by atoms with van der Waals surface area (Å²) in [6, 6.07) is 17.6. The third-order valence-corrected chi connectivity index (χ3v) is 5.65. The summed E-state index contributed by atoms with van der Waals surface area (Å²) < 4.78 is 5.97. The summed E-state index contributed by atoms with van der Waals surface area (Å²) in [4.78, 5) is 25.5. The lowest BCUT2D eigenvalue weighted by Crippen LogP contribution is -2.48. The molecule has 7 heteroatoms. The predicted octanol–water partition coefficient (Wildman–Crippen LogP) is 5.58. The molecule has 1 atom stereocenters. The Morgan fingerprint density at radius 3 is 2.50 bits per heavy atom. The molecule has 6 nitrogen and oxygen atoms in total. The van der Waals surface area contributed by atoms with Gasteiger partial charge in [0.1, 0.15) is 11.8 Å². The Balaban J connectivity index is 1.75. The van der Waals surface area contributed by atoms with Crippen LogP contribution in [0.15, 0.2) is 65.8 Å². The van der Waals surface area contributed by atoms with Crippen LogP contribution in [0, 0.1) is 5.92 Å². The fraction of sp³-hybridized carbons (Fsp3) is 0.296. The van der Waals surface area contributed by atoms with Gasteiger partial charge >= 0.3 is 0 Å². The number of carbonyl (C=O) groups is 2. The highest BCUT2D eigenvalue weighted by atomic mass is 35.5. The second-order valence-electron chi connectivity index (χ2n) is 8.34. The molecule has 0 aliphatic rings. The van der Waals surface area contributed by atoms with E-state index in [0.717, 1.165) is 29.2 Å². The van der Waals surface area contributed by atoms with Crippen LogP contribution in [0.2, 0.25) is 5.02 Å². The van der Waals surface area contributed by atoms with E-state index >= 15 is 0 Å². The summed E-state index contributed by atoms with van der Waals surface area (Å²) in [5.74, 6) is -0.184. The van der Waals surface area contributed by atoms with Gasteiger partial charge in [-0.05, 0) is 53.4 Å². The van der Waals surface area contributed by atoms with E-state index in [2.05, 4.69) is 22.8 Å². The number of carbonyl (C=O) groups excluding carboxylic acids is 2. The van der Waals surface area contributed by atoms with Gasteiger partial charge in [0.25, 0.3) is 11.8 Å². The largest absolute Gasteiger partial charge is 0.493 e. The van der Waals surface area contributed by atoms with E-state index in [1.165, 1.54) is 0 Å². The van der Waals surface area contributed by atoms with Gasteiger partial charge in [-0.1, -0.05) is 69.1 Å². The van der Waals surface area contributed by atoms with Gasteiger partial charge in [-0.25, -0.2) is 5.43 Å². The molecule has 0 spiro atoms. The number of ether oxygens (including phenoxy) is 1. The molecule has 0 aliphatic carbocycles. The maximum Gasteiger partial charge on any atom is 0.262 e. The van der Waals surface area contributed by atoms with Gasteiger partial charge in [0.2, 0.25) is 0 Å². The Bertz CT molecular complexity index is 1160. The van der Waals surface area contributed by atoms with Crippen LogP contribution in [0.5, 0.6) is 5.75 Å². The first-order chi connectivity index (χ1) is 16.4. The molecule has 0 aromatic heterocycles. The van der Waals surface area contributed by atoms with E-state index in [4.69, 9.17) is 16.3 Å². The molecule has 0 aliphatic heterocycles. The van der Waals surface area contributed by atoms with E-state index in [-0.39, 0.29) is 11.8 Å². The molecule has 2 amide bonds. The van der Waals surface area contributed by atoms with Crippen LogP contribution in [-0.2, 0) is 4.79 Å². The van der Waals surface area contributed by atoms with Crippen molar-refractivity contribution in [1.82, 2.24) is 10.7 Å². The van der Waals surface area contributed by atoms with Crippen LogP contribution in [0.1, 0.15) is 49.5 Å². The topological polar surface area (TPSA) is 79.8 Å². The predicted molar refractivity (Wildman–Crippen MR) is 138 cm³/mol. The second kappa shape index (κ2) is 12.2. The highest BCUT2D eigenvalue weighted by molar-refractivity contribution is 6.30. The molecule has 3 rings (SSSR count). The normalized spacial score (nSPS) is 12.1. The summed E-state index contributed by atoms with van der Waals surface area (Å²) in [5.41, 5.74) is 3.80. The van der Waals surface area contributed by atoms with Crippen molar-refractivity contribution in [1.29, 1.82) is 0 Å². The van der Waals surface area contributed by atoms with Crippen molar-refractivity contribution in [3.63, 3.8) is 0 Å². The van der Waals surface area contributed by atoms with Crippen molar-refractivity contribution in [2.24, 2.45) is 11.0 Å². The van der Waals surface area contributed by atoms with E-state index in [9.17, 15) is 9.59 Å². The van der Waals surface area contributed by atoms with Gasteiger partial charge in [-0.2, -0.15) is 5.10 Å². The molecule has 1 unspecified atom stereocenters. The molecule has 0 fully saturated rings. The smallest absolute Gasteiger partial charge is 0.262 e. The molecule has 0 saturated heterocycles. The average Bonchev–Trinajstić information content (AvgIpc) is 2.83. The summed E-state index contributed by atoms with van der Waals surface area (Å²) >= 11 is 5.89. The molecule has 0 heterocycles. The van der Waals surface area contributed by atoms with Gasteiger partial charge in [-0.15, -0.1) is 0 Å². The lowest BCUT2D eigenvalue weighted by atomic mass is 10.0. The maximum absolute atomic E-state index is 12.9. The van der Waals surface area contributed by atoms with Gasteiger partial charge in [-0.3, -0.25) is 9.59 Å². The standard InChI is InChI=1S/C27H30ClN3O3/c1-4-5-16-34-24-15-12-19-8-6-7-9-22(19)23(24)17-29-31-27(33)25(18(2)3)30-26(32)20-10-13-21(28)14-11-20/h6-15,17-18,25H,4-5,16H2,1-3H3,(H,30,32)(H,31,33)/b29-17+. The fourth-order valence-corrected chi connectivity index (χ4v) is 3.58. The number of hydrazone groups is 1. The molecule has 2 N–H and O–H groups in total. The molecule has 0 saturated carbocycles. The van der Waals surface area contributed by atoms with Gasteiger partial charge in [0.15, 0.2) is 0 Å². The first-order valence-electron chi connectivity index (χ1n) is 11.4. The zero-order chi connectivity index (χ0) is 24.5. The third-order valence-electron chi connectivity index (χ3n) is 5.40. The third kappa shape index (κ3) is 6.58. The Labute approximate surface area is 205 Å². The van der Waals surface area contributed by atoms with E-state index in [1.807, 2.05) is 50.2 Å². The fourth-order valence-electron chi connectivity index (χ4n) is 3.45. The molecular formula is C27H30ClN3O3. The first-order valence-corrected chi connectivity index (χ1v) is 11.8. The summed E-state index contributed by atoms with van der Waals surface area (Å²) in [7, 11) is 0. The number of benzene rings is 3. The van der Waals surface area contributed by atoms with Gasteiger partial charge in [0.05, 0.1) is 12.8 Å². The van der Waals surface area contributed by atoms with E-state index < -0.39 is 11.9 Å². The lowest BCUT2D eigenvalue weighted by molar-refractivity contribution is -0.123. The van der Waals surface area contributed by atoms with Gasteiger partial charge in [0, 0.05) is 16.1 Å². The minimum absolute atomic E-state index is 0.142. The highest BCUT2D eigenvalue weighted by Crippen LogP contribution is 2.27. The number of nitrogens with zero attached hydrogens (tertiary/aromatic N) is 1. The Morgan fingerprint density at radius 1 is 1.06 bits per heavy atom. The van der Waals surface area contributed by atoms with Crippen molar-refractivity contribution >= 4 is 40.4 Å². The molecule has 3 aromatic rings. The zero-order valence-corrected chi connectivity index (χ0v) is 20.4. The minimum atomic E-state index is -0.756. The van der Waals surface area contributed by atoms with E-state index in [1.54, 1.807) is 30.5 Å². The van der Waals surface area contributed by atoms with Crippen LogP contribution < -0.4 is 15.5 Å². The second-order valence-corrected chi connectivity index (χ2v) is 8.77. The summed E-state index contributed by atoms with van der Waals surface area (Å²) in [5, 5.41) is 9.55. The number of unbranched alkanes of at least 4 members (excludes halogenated alkanes) is 1. The SMILES string of the molecule is CCCCOc1ccc2ccccc2c1/C=N/NC(=O)C(NC(=O)c1ccc(Cl)cc1)C(C)C.